The highest BCUT2D eigenvalue weighted by Gasteiger charge is 2.15. The molecule has 0 aliphatic rings. The first kappa shape index (κ1) is 16.1. The van der Waals surface area contributed by atoms with E-state index in [1.807, 2.05) is 0 Å². The standard InChI is InChI=1S/C15H11F2N3O3S/c1-19-14(22)13-11(4-5-24-13)20(15(19)23)7-12(21)18-10-3-2-8(16)6-9(10)17/h2-6H,7H2,1H3,(H,18,21). The number of carbonyl (C=O) groups is 1. The molecule has 24 heavy (non-hydrogen) atoms. The number of nitrogens with one attached hydrogen (secondary N) is 1. The number of fused-ring (bicyclic) bond motifs is 1. The van der Waals surface area contributed by atoms with Gasteiger partial charge in [0.2, 0.25) is 5.91 Å². The number of hydrogen-bond acceptors (Lipinski definition) is 4. The van der Waals surface area contributed by atoms with Crippen LogP contribution in [0.2, 0.25) is 0 Å². The molecular formula is C15H11F2N3O3S. The van der Waals surface area contributed by atoms with Gasteiger partial charge in [-0.25, -0.2) is 13.6 Å². The van der Waals surface area contributed by atoms with Gasteiger partial charge in [-0.1, -0.05) is 0 Å². The molecule has 1 aromatic carbocycles. The summed E-state index contributed by atoms with van der Waals surface area (Å²) in [4.78, 5) is 36.3. The molecule has 6 nitrogen and oxygen atoms in total. The second kappa shape index (κ2) is 6.00. The number of amides is 1. The van der Waals surface area contributed by atoms with Crippen LogP contribution in [0.5, 0.6) is 0 Å². The Bertz CT molecular complexity index is 1070. The summed E-state index contributed by atoms with van der Waals surface area (Å²) in [6.45, 7) is -0.406. The third-order valence-electron chi connectivity index (χ3n) is 3.46. The van der Waals surface area contributed by atoms with Crippen LogP contribution < -0.4 is 16.6 Å². The zero-order valence-electron chi connectivity index (χ0n) is 12.4. The summed E-state index contributed by atoms with van der Waals surface area (Å²) in [5.74, 6) is -2.36. The van der Waals surface area contributed by atoms with E-state index >= 15 is 0 Å². The van der Waals surface area contributed by atoms with Crippen molar-refractivity contribution < 1.29 is 13.6 Å². The van der Waals surface area contributed by atoms with Crippen LogP contribution in [0.3, 0.4) is 0 Å². The van der Waals surface area contributed by atoms with Gasteiger partial charge in [-0.2, -0.15) is 0 Å². The minimum Gasteiger partial charge on any atom is -0.322 e. The van der Waals surface area contributed by atoms with Gasteiger partial charge in [-0.3, -0.25) is 18.7 Å². The Hall–Kier alpha value is -2.81. The normalized spacial score (nSPS) is 11.0. The van der Waals surface area contributed by atoms with E-state index in [4.69, 9.17) is 0 Å². The molecule has 0 aliphatic carbocycles. The Morgan fingerprint density at radius 3 is 2.71 bits per heavy atom. The Labute approximate surface area is 137 Å². The molecule has 0 unspecified atom stereocenters. The molecule has 3 rings (SSSR count). The number of benzene rings is 1. The second-order valence-corrected chi connectivity index (χ2v) is 5.96. The lowest BCUT2D eigenvalue weighted by Crippen LogP contribution is -2.39. The van der Waals surface area contributed by atoms with Crippen LogP contribution in [0, 0.1) is 11.6 Å². The van der Waals surface area contributed by atoms with Gasteiger partial charge in [0.1, 0.15) is 22.9 Å². The van der Waals surface area contributed by atoms with E-state index in [-0.39, 0.29) is 5.69 Å². The van der Waals surface area contributed by atoms with Crippen LogP contribution in [0.1, 0.15) is 0 Å². The summed E-state index contributed by atoms with van der Waals surface area (Å²) in [5.41, 5.74) is -0.949. The van der Waals surface area contributed by atoms with Gasteiger partial charge >= 0.3 is 5.69 Å². The molecule has 0 saturated carbocycles. The topological polar surface area (TPSA) is 73.1 Å². The Morgan fingerprint density at radius 1 is 1.25 bits per heavy atom. The number of carbonyl (C=O) groups excluding carboxylic acids is 1. The Kier molecular flexibility index (Phi) is 4.02. The fourth-order valence-electron chi connectivity index (χ4n) is 2.28. The van der Waals surface area contributed by atoms with Crippen LogP contribution in [0.4, 0.5) is 14.5 Å². The lowest BCUT2D eigenvalue weighted by Gasteiger charge is -2.10. The summed E-state index contributed by atoms with van der Waals surface area (Å²) < 4.78 is 28.8. The number of rotatable bonds is 3. The molecule has 1 N–H and O–H groups in total. The highest BCUT2D eigenvalue weighted by molar-refractivity contribution is 7.17. The van der Waals surface area contributed by atoms with E-state index in [2.05, 4.69) is 5.32 Å². The highest BCUT2D eigenvalue weighted by Crippen LogP contribution is 2.17. The van der Waals surface area contributed by atoms with Gasteiger partial charge in [0.25, 0.3) is 5.56 Å². The summed E-state index contributed by atoms with van der Waals surface area (Å²) in [7, 11) is 1.32. The van der Waals surface area contributed by atoms with Crippen molar-refractivity contribution in [3.05, 3.63) is 62.1 Å². The zero-order chi connectivity index (χ0) is 17.4. The fraction of sp³-hybridized carbons (Fsp3) is 0.133. The monoisotopic (exact) mass is 351 g/mol. The van der Waals surface area contributed by atoms with Crippen molar-refractivity contribution >= 4 is 33.1 Å². The van der Waals surface area contributed by atoms with Crippen molar-refractivity contribution in [1.29, 1.82) is 0 Å². The molecule has 0 bridgehead atoms. The molecule has 0 saturated heterocycles. The third kappa shape index (κ3) is 2.73. The van der Waals surface area contributed by atoms with Crippen molar-refractivity contribution in [1.82, 2.24) is 9.13 Å². The highest BCUT2D eigenvalue weighted by atomic mass is 32.1. The van der Waals surface area contributed by atoms with E-state index in [0.29, 0.717) is 16.3 Å². The number of halogens is 2. The number of thiophene rings is 1. The summed E-state index contributed by atoms with van der Waals surface area (Å²) in [6.07, 6.45) is 0. The number of hydrogen-bond donors (Lipinski definition) is 1. The number of anilines is 1. The quantitative estimate of drug-likeness (QED) is 0.780. The first-order valence-electron chi connectivity index (χ1n) is 6.80. The molecule has 2 heterocycles. The van der Waals surface area contributed by atoms with Crippen LogP contribution in [-0.2, 0) is 18.4 Å². The second-order valence-electron chi connectivity index (χ2n) is 5.04. The van der Waals surface area contributed by atoms with Crippen molar-refractivity contribution in [3.8, 4) is 0 Å². The van der Waals surface area contributed by atoms with Crippen LogP contribution >= 0.6 is 11.3 Å². The van der Waals surface area contributed by atoms with E-state index in [9.17, 15) is 23.2 Å². The van der Waals surface area contributed by atoms with Gasteiger partial charge < -0.3 is 5.32 Å². The first-order valence-corrected chi connectivity index (χ1v) is 7.68. The third-order valence-corrected chi connectivity index (χ3v) is 4.35. The first-order chi connectivity index (χ1) is 11.4. The molecule has 0 aliphatic heterocycles. The van der Waals surface area contributed by atoms with Crippen molar-refractivity contribution in [3.63, 3.8) is 0 Å². The summed E-state index contributed by atoms with van der Waals surface area (Å²) in [5, 5.41) is 3.92. The SMILES string of the molecule is Cn1c(=O)c2sccc2n(CC(=O)Nc2ccc(F)cc2F)c1=O. The average Bonchev–Trinajstić information content (AvgIpc) is 3.02. The van der Waals surface area contributed by atoms with Crippen molar-refractivity contribution in [2.45, 2.75) is 6.54 Å². The van der Waals surface area contributed by atoms with Gasteiger partial charge in [0, 0.05) is 13.1 Å². The summed E-state index contributed by atoms with van der Waals surface area (Å²) in [6, 6.07) is 4.31. The predicted octanol–water partition coefficient (Wildman–Crippen LogP) is 1.68. The van der Waals surface area contributed by atoms with Gasteiger partial charge in [-0.05, 0) is 23.6 Å². The van der Waals surface area contributed by atoms with Crippen LogP contribution in [0.25, 0.3) is 10.2 Å². The van der Waals surface area contributed by atoms with Crippen molar-refractivity contribution in [2.75, 3.05) is 5.32 Å². The lowest BCUT2D eigenvalue weighted by molar-refractivity contribution is -0.116. The molecule has 2 aromatic heterocycles. The van der Waals surface area contributed by atoms with Crippen molar-refractivity contribution in [2.24, 2.45) is 7.05 Å². The molecule has 0 spiro atoms. The van der Waals surface area contributed by atoms with Crippen LogP contribution in [-0.4, -0.2) is 15.0 Å². The molecule has 0 fully saturated rings. The Morgan fingerprint density at radius 2 is 2.00 bits per heavy atom. The number of aromatic nitrogens is 2. The van der Waals surface area contributed by atoms with Gasteiger partial charge in [0.05, 0.1) is 11.2 Å². The minimum absolute atomic E-state index is 0.194. The molecule has 9 heteroatoms. The predicted molar refractivity (Wildman–Crippen MR) is 86.3 cm³/mol. The fourth-order valence-corrected chi connectivity index (χ4v) is 3.15. The van der Waals surface area contributed by atoms with E-state index in [1.54, 1.807) is 11.4 Å². The molecule has 0 radical (unpaired) electrons. The maximum absolute atomic E-state index is 13.6. The van der Waals surface area contributed by atoms with E-state index in [1.165, 1.54) is 7.05 Å². The van der Waals surface area contributed by atoms with Gasteiger partial charge in [0.15, 0.2) is 0 Å². The van der Waals surface area contributed by atoms with E-state index in [0.717, 1.165) is 32.6 Å². The van der Waals surface area contributed by atoms with Gasteiger partial charge in [-0.15, -0.1) is 11.3 Å². The molecule has 0 atom stereocenters. The number of nitrogens with zero attached hydrogens (tertiary/aromatic N) is 2. The average molecular weight is 351 g/mol. The maximum Gasteiger partial charge on any atom is 0.331 e. The van der Waals surface area contributed by atoms with Crippen LogP contribution in [0.15, 0.2) is 39.2 Å². The largest absolute Gasteiger partial charge is 0.331 e. The minimum atomic E-state index is -0.920. The Balaban J connectivity index is 1.95. The summed E-state index contributed by atoms with van der Waals surface area (Å²) >= 11 is 1.16. The molecular weight excluding hydrogens is 340 g/mol. The molecule has 124 valence electrons. The lowest BCUT2D eigenvalue weighted by atomic mass is 10.3. The maximum atomic E-state index is 13.6. The smallest absolute Gasteiger partial charge is 0.322 e. The zero-order valence-corrected chi connectivity index (χ0v) is 13.2. The molecule has 3 aromatic rings. The van der Waals surface area contributed by atoms with E-state index < -0.39 is 35.3 Å². The molecule has 1 amide bonds.